The number of hydrogen-bond acceptors (Lipinski definition) is 5. The molecule has 0 saturated carbocycles. The van der Waals surface area contributed by atoms with Crippen LogP contribution in [0.1, 0.15) is 32.6 Å². The first-order chi connectivity index (χ1) is 12.4. The van der Waals surface area contributed by atoms with Crippen molar-refractivity contribution in [2.24, 2.45) is 0 Å². The summed E-state index contributed by atoms with van der Waals surface area (Å²) in [7, 11) is 4.59. The van der Waals surface area contributed by atoms with Gasteiger partial charge in [-0.2, -0.15) is 0 Å². The summed E-state index contributed by atoms with van der Waals surface area (Å²) in [6, 6.07) is 5.55. The van der Waals surface area contributed by atoms with E-state index in [1.54, 1.807) is 7.11 Å². The van der Waals surface area contributed by atoms with E-state index in [4.69, 9.17) is 14.2 Å². The van der Waals surface area contributed by atoms with Gasteiger partial charge >= 0.3 is 0 Å². The molecule has 0 amide bonds. The van der Waals surface area contributed by atoms with Gasteiger partial charge in [-0.3, -0.25) is 4.79 Å². The Balaban J connectivity index is 2.10. The lowest BCUT2D eigenvalue weighted by Gasteiger charge is -2.14. The molecule has 0 fully saturated rings. The molecule has 2 aromatic rings. The lowest BCUT2D eigenvalue weighted by molar-refractivity contribution is 0.103. The topological polar surface area (TPSA) is 65.0 Å². The van der Waals surface area contributed by atoms with E-state index in [1.807, 2.05) is 38.1 Å². The van der Waals surface area contributed by atoms with Crippen LogP contribution in [0.5, 0.6) is 23.0 Å². The molecule has 0 unspecified atom stereocenters. The summed E-state index contributed by atoms with van der Waals surface area (Å²) in [6.45, 7) is 3.68. The van der Waals surface area contributed by atoms with Crippen LogP contribution in [-0.2, 0) is 6.42 Å². The van der Waals surface area contributed by atoms with Crippen LogP contribution in [-0.4, -0.2) is 32.2 Å². The maximum Gasteiger partial charge on any atom is 0.204 e. The molecule has 3 rings (SSSR count). The number of allylic oxidation sites excluding steroid dienone is 1. The first kappa shape index (κ1) is 17.9. The average Bonchev–Trinajstić information content (AvgIpc) is 2.93. The maximum atomic E-state index is 13.0. The minimum absolute atomic E-state index is 0.0822. The number of hydrogen-bond donors (Lipinski definition) is 1. The van der Waals surface area contributed by atoms with E-state index in [0.717, 1.165) is 22.3 Å². The van der Waals surface area contributed by atoms with Gasteiger partial charge in [0.15, 0.2) is 17.3 Å². The van der Waals surface area contributed by atoms with E-state index >= 15 is 0 Å². The van der Waals surface area contributed by atoms with Gasteiger partial charge in [0.25, 0.3) is 0 Å². The second-order valence-electron chi connectivity index (χ2n) is 6.36. The first-order valence-corrected chi connectivity index (χ1v) is 8.28. The van der Waals surface area contributed by atoms with Gasteiger partial charge in [0.1, 0.15) is 5.75 Å². The van der Waals surface area contributed by atoms with Gasteiger partial charge in [-0.15, -0.1) is 0 Å². The standard InChI is InChI=1S/C21H22O5/c1-11-6-13(7-12(2)18(11)22)8-15-9-14-10-16(24-3)20(25-4)21(26-5)17(14)19(15)23/h6-8,10,22H,9H2,1-5H3/b15-8+. The molecular weight excluding hydrogens is 332 g/mol. The van der Waals surface area contributed by atoms with E-state index in [0.29, 0.717) is 34.8 Å². The first-order valence-electron chi connectivity index (χ1n) is 8.28. The minimum Gasteiger partial charge on any atom is -0.507 e. The van der Waals surface area contributed by atoms with E-state index in [2.05, 4.69) is 0 Å². The highest BCUT2D eigenvalue weighted by atomic mass is 16.5. The number of Topliss-reactive ketones (excluding diaryl/α,β-unsaturated/α-hetero) is 1. The quantitative estimate of drug-likeness (QED) is 0.845. The van der Waals surface area contributed by atoms with Crippen molar-refractivity contribution in [1.82, 2.24) is 0 Å². The molecule has 1 N–H and O–H groups in total. The number of carbonyl (C=O) groups excluding carboxylic acids is 1. The van der Waals surface area contributed by atoms with E-state index in [-0.39, 0.29) is 11.5 Å². The number of aryl methyl sites for hydroxylation is 2. The molecule has 0 bridgehead atoms. The van der Waals surface area contributed by atoms with Crippen LogP contribution in [0.2, 0.25) is 0 Å². The molecule has 2 aromatic carbocycles. The highest BCUT2D eigenvalue weighted by molar-refractivity contribution is 6.17. The Morgan fingerprint density at radius 1 is 0.962 bits per heavy atom. The molecule has 1 aliphatic carbocycles. The SMILES string of the molecule is COc1cc2c(c(OC)c1OC)C(=O)/C(=C/c1cc(C)c(O)c(C)c1)C2. The number of phenolic OH excluding ortho intramolecular Hbond substituents is 1. The van der Waals surface area contributed by atoms with Crippen molar-refractivity contribution < 1.29 is 24.1 Å². The number of ketones is 1. The molecule has 0 aliphatic heterocycles. The predicted octanol–water partition coefficient (Wildman–Crippen LogP) is 3.86. The average molecular weight is 354 g/mol. The van der Waals surface area contributed by atoms with Gasteiger partial charge < -0.3 is 19.3 Å². The minimum atomic E-state index is -0.0822. The Kier molecular flexibility index (Phi) is 4.64. The zero-order chi connectivity index (χ0) is 19.0. The number of benzene rings is 2. The Labute approximate surface area is 152 Å². The van der Waals surface area contributed by atoms with Crippen molar-refractivity contribution in [2.45, 2.75) is 20.3 Å². The molecular formula is C21H22O5. The largest absolute Gasteiger partial charge is 0.507 e. The number of fused-ring (bicyclic) bond motifs is 1. The van der Waals surface area contributed by atoms with Gasteiger partial charge in [0.2, 0.25) is 5.75 Å². The van der Waals surface area contributed by atoms with Crippen molar-refractivity contribution in [2.75, 3.05) is 21.3 Å². The summed E-state index contributed by atoms with van der Waals surface area (Å²) in [5.41, 5.74) is 4.47. The van der Waals surface area contributed by atoms with Gasteiger partial charge in [0, 0.05) is 12.0 Å². The fourth-order valence-corrected chi connectivity index (χ4v) is 3.43. The summed E-state index contributed by atoms with van der Waals surface area (Å²) < 4.78 is 16.2. The van der Waals surface area contributed by atoms with Crippen molar-refractivity contribution in [3.05, 3.63) is 51.6 Å². The summed E-state index contributed by atoms with van der Waals surface area (Å²) >= 11 is 0. The lowest BCUT2D eigenvalue weighted by Crippen LogP contribution is -2.03. The third kappa shape index (κ3) is 2.79. The highest BCUT2D eigenvalue weighted by Crippen LogP contribution is 2.46. The molecule has 0 radical (unpaired) electrons. The van der Waals surface area contributed by atoms with Crippen LogP contribution in [0.15, 0.2) is 23.8 Å². The zero-order valence-electron chi connectivity index (χ0n) is 15.6. The highest BCUT2D eigenvalue weighted by Gasteiger charge is 2.32. The molecule has 0 atom stereocenters. The van der Waals surface area contributed by atoms with Crippen LogP contribution in [0, 0.1) is 13.8 Å². The van der Waals surface area contributed by atoms with Crippen LogP contribution in [0.25, 0.3) is 6.08 Å². The number of rotatable bonds is 4. The van der Waals surface area contributed by atoms with E-state index in [9.17, 15) is 9.90 Å². The third-order valence-corrected chi connectivity index (χ3v) is 4.67. The van der Waals surface area contributed by atoms with Crippen LogP contribution >= 0.6 is 0 Å². The van der Waals surface area contributed by atoms with Gasteiger partial charge in [0.05, 0.1) is 26.9 Å². The molecule has 26 heavy (non-hydrogen) atoms. The van der Waals surface area contributed by atoms with E-state index in [1.165, 1.54) is 14.2 Å². The molecule has 0 spiro atoms. The Morgan fingerprint density at radius 3 is 2.12 bits per heavy atom. The lowest BCUT2D eigenvalue weighted by atomic mass is 10.0. The summed E-state index contributed by atoms with van der Waals surface area (Å²) in [5.74, 6) is 1.55. The van der Waals surface area contributed by atoms with Gasteiger partial charge in [-0.05, 0) is 60.4 Å². The van der Waals surface area contributed by atoms with Crippen molar-refractivity contribution >= 4 is 11.9 Å². The maximum absolute atomic E-state index is 13.0. The van der Waals surface area contributed by atoms with Crippen molar-refractivity contribution in [1.29, 1.82) is 0 Å². The fourth-order valence-electron chi connectivity index (χ4n) is 3.43. The second-order valence-corrected chi connectivity index (χ2v) is 6.36. The summed E-state index contributed by atoms with van der Waals surface area (Å²) in [4.78, 5) is 13.0. The Hall–Kier alpha value is -2.95. The number of carbonyl (C=O) groups is 1. The molecule has 0 saturated heterocycles. The molecule has 1 aliphatic rings. The number of phenols is 1. The molecule has 0 heterocycles. The molecule has 136 valence electrons. The fraction of sp³-hybridized carbons (Fsp3) is 0.286. The Bertz CT molecular complexity index is 901. The van der Waals surface area contributed by atoms with E-state index < -0.39 is 0 Å². The molecule has 0 aromatic heterocycles. The zero-order valence-corrected chi connectivity index (χ0v) is 15.6. The molecule has 5 nitrogen and oxygen atoms in total. The number of ether oxygens (including phenoxy) is 3. The predicted molar refractivity (Wildman–Crippen MR) is 99.7 cm³/mol. The van der Waals surface area contributed by atoms with Crippen LogP contribution in [0.4, 0.5) is 0 Å². The van der Waals surface area contributed by atoms with Crippen LogP contribution in [0.3, 0.4) is 0 Å². The third-order valence-electron chi connectivity index (χ3n) is 4.67. The number of methoxy groups -OCH3 is 3. The Morgan fingerprint density at radius 2 is 1.58 bits per heavy atom. The molecule has 5 heteroatoms. The monoisotopic (exact) mass is 354 g/mol. The summed E-state index contributed by atoms with van der Waals surface area (Å²) in [6.07, 6.45) is 2.35. The normalized spacial score (nSPS) is 14.5. The van der Waals surface area contributed by atoms with Crippen LogP contribution < -0.4 is 14.2 Å². The van der Waals surface area contributed by atoms with Crippen molar-refractivity contribution in [3.8, 4) is 23.0 Å². The number of aromatic hydroxyl groups is 1. The second kappa shape index (κ2) is 6.75. The van der Waals surface area contributed by atoms with Gasteiger partial charge in [-0.25, -0.2) is 0 Å². The smallest absolute Gasteiger partial charge is 0.204 e. The summed E-state index contributed by atoms with van der Waals surface area (Å²) in [5, 5.41) is 9.94. The van der Waals surface area contributed by atoms with Gasteiger partial charge in [-0.1, -0.05) is 0 Å². The van der Waals surface area contributed by atoms with Crippen molar-refractivity contribution in [3.63, 3.8) is 0 Å².